The van der Waals surface area contributed by atoms with Crippen LogP contribution in [0.25, 0.3) is 5.69 Å². The molecule has 0 saturated carbocycles. The Morgan fingerprint density at radius 3 is 2.79 bits per heavy atom. The number of hydrogen-bond donors (Lipinski definition) is 1. The third-order valence-corrected chi connectivity index (χ3v) is 3.04. The van der Waals surface area contributed by atoms with Gasteiger partial charge in [0.05, 0.1) is 18.0 Å². The summed E-state index contributed by atoms with van der Waals surface area (Å²) in [6, 6.07) is 6.44. The van der Waals surface area contributed by atoms with Crippen LogP contribution in [0.2, 0.25) is 0 Å². The van der Waals surface area contributed by atoms with E-state index in [2.05, 4.69) is 53.1 Å². The molecule has 0 aliphatic rings. The lowest BCUT2D eigenvalue weighted by Crippen LogP contribution is -2.12. The van der Waals surface area contributed by atoms with Gasteiger partial charge in [0, 0.05) is 19.9 Å². The molecule has 4 nitrogen and oxygen atoms in total. The molecule has 0 unspecified atom stereocenters. The van der Waals surface area contributed by atoms with Crippen LogP contribution in [0.1, 0.15) is 16.8 Å². The van der Waals surface area contributed by atoms with E-state index < -0.39 is 0 Å². The zero-order chi connectivity index (χ0) is 13.8. The van der Waals surface area contributed by atoms with Crippen LogP contribution in [0, 0.1) is 20.8 Å². The summed E-state index contributed by atoms with van der Waals surface area (Å²) in [6.45, 7) is 7.63. The van der Waals surface area contributed by atoms with Crippen LogP contribution in [0.15, 0.2) is 24.4 Å². The molecule has 0 saturated heterocycles. The average Bonchev–Trinajstić information content (AvgIpc) is 2.74. The summed E-state index contributed by atoms with van der Waals surface area (Å²) in [5.74, 6) is 0.864. The summed E-state index contributed by atoms with van der Waals surface area (Å²) >= 11 is 0. The van der Waals surface area contributed by atoms with E-state index in [1.54, 1.807) is 7.11 Å². The van der Waals surface area contributed by atoms with Crippen LogP contribution in [0.5, 0.6) is 0 Å². The second-order valence-electron chi connectivity index (χ2n) is 4.79. The molecule has 0 aliphatic heterocycles. The fraction of sp³-hybridized carbons (Fsp3) is 0.400. The minimum atomic E-state index is 0.665. The first-order chi connectivity index (χ1) is 9.11. The van der Waals surface area contributed by atoms with Crippen LogP contribution in [0.4, 0.5) is 5.95 Å². The summed E-state index contributed by atoms with van der Waals surface area (Å²) in [4.78, 5) is 4.53. The predicted molar refractivity (Wildman–Crippen MR) is 78.1 cm³/mol. The van der Waals surface area contributed by atoms with Gasteiger partial charge >= 0.3 is 0 Å². The van der Waals surface area contributed by atoms with Gasteiger partial charge in [0.2, 0.25) is 5.95 Å². The molecule has 1 heterocycles. The van der Waals surface area contributed by atoms with E-state index in [0.29, 0.717) is 6.61 Å². The minimum absolute atomic E-state index is 0.665. The standard InChI is InChI=1S/C15H21N3O/c1-11-5-6-12(2)14(9-11)18-10-13(3)17-15(18)16-7-8-19-4/h5-6,9-10H,7-8H2,1-4H3,(H,16,17). The van der Waals surface area contributed by atoms with Crippen molar-refractivity contribution in [2.75, 3.05) is 25.6 Å². The maximum Gasteiger partial charge on any atom is 0.207 e. The summed E-state index contributed by atoms with van der Waals surface area (Å²) in [5, 5.41) is 3.31. The Kier molecular flexibility index (Phi) is 4.22. The Labute approximate surface area is 114 Å². The molecule has 0 bridgehead atoms. The quantitative estimate of drug-likeness (QED) is 0.839. The number of nitrogens with zero attached hydrogens (tertiary/aromatic N) is 2. The van der Waals surface area contributed by atoms with E-state index in [1.165, 1.54) is 16.8 Å². The van der Waals surface area contributed by atoms with Gasteiger partial charge in [-0.15, -0.1) is 0 Å². The molecule has 0 aliphatic carbocycles. The van der Waals surface area contributed by atoms with Crippen molar-refractivity contribution in [2.45, 2.75) is 20.8 Å². The number of aromatic nitrogens is 2. The SMILES string of the molecule is COCCNc1nc(C)cn1-c1cc(C)ccc1C. The van der Waals surface area contributed by atoms with Crippen LogP contribution in [-0.4, -0.2) is 29.8 Å². The molecule has 0 amide bonds. The van der Waals surface area contributed by atoms with Crippen molar-refractivity contribution >= 4 is 5.95 Å². The smallest absolute Gasteiger partial charge is 0.207 e. The molecule has 0 spiro atoms. The van der Waals surface area contributed by atoms with Crippen molar-refractivity contribution in [3.63, 3.8) is 0 Å². The van der Waals surface area contributed by atoms with Gasteiger partial charge in [0.15, 0.2) is 0 Å². The molecule has 0 atom stereocenters. The highest BCUT2D eigenvalue weighted by Gasteiger charge is 2.09. The molecule has 1 N–H and O–H groups in total. The maximum absolute atomic E-state index is 5.06. The third-order valence-electron chi connectivity index (χ3n) is 3.04. The fourth-order valence-electron chi connectivity index (χ4n) is 2.05. The van der Waals surface area contributed by atoms with Crippen molar-refractivity contribution in [2.24, 2.45) is 0 Å². The molecule has 0 radical (unpaired) electrons. The molecular weight excluding hydrogens is 238 g/mol. The van der Waals surface area contributed by atoms with Gasteiger partial charge in [0.1, 0.15) is 0 Å². The van der Waals surface area contributed by atoms with Crippen molar-refractivity contribution in [3.8, 4) is 5.69 Å². The number of rotatable bonds is 5. The van der Waals surface area contributed by atoms with Gasteiger partial charge in [0.25, 0.3) is 0 Å². The predicted octanol–water partition coefficient (Wildman–Crippen LogP) is 2.86. The maximum atomic E-state index is 5.06. The van der Waals surface area contributed by atoms with Crippen LogP contribution < -0.4 is 5.32 Å². The molecule has 2 rings (SSSR count). The third kappa shape index (κ3) is 3.15. The highest BCUT2D eigenvalue weighted by atomic mass is 16.5. The summed E-state index contributed by atoms with van der Waals surface area (Å²) < 4.78 is 7.16. The second-order valence-corrected chi connectivity index (χ2v) is 4.79. The molecule has 1 aromatic heterocycles. The Bertz CT molecular complexity index is 561. The number of hydrogen-bond acceptors (Lipinski definition) is 3. The van der Waals surface area contributed by atoms with Gasteiger partial charge in [-0.05, 0) is 38.0 Å². The zero-order valence-corrected chi connectivity index (χ0v) is 12.0. The van der Waals surface area contributed by atoms with Crippen LogP contribution in [-0.2, 0) is 4.74 Å². The van der Waals surface area contributed by atoms with E-state index in [0.717, 1.165) is 18.2 Å². The molecule has 1 aromatic carbocycles. The van der Waals surface area contributed by atoms with E-state index in [1.807, 2.05) is 6.92 Å². The Morgan fingerprint density at radius 1 is 1.26 bits per heavy atom. The number of methoxy groups -OCH3 is 1. The number of nitrogens with one attached hydrogen (secondary N) is 1. The summed E-state index contributed by atoms with van der Waals surface area (Å²) in [7, 11) is 1.70. The van der Waals surface area contributed by atoms with Gasteiger partial charge in [-0.25, -0.2) is 4.98 Å². The van der Waals surface area contributed by atoms with Gasteiger partial charge in [-0.1, -0.05) is 12.1 Å². The largest absolute Gasteiger partial charge is 0.383 e. The molecule has 0 fully saturated rings. The highest BCUT2D eigenvalue weighted by molar-refractivity contribution is 5.49. The highest BCUT2D eigenvalue weighted by Crippen LogP contribution is 2.21. The van der Waals surface area contributed by atoms with E-state index in [9.17, 15) is 0 Å². The van der Waals surface area contributed by atoms with Crippen LogP contribution in [0.3, 0.4) is 0 Å². The number of aryl methyl sites for hydroxylation is 3. The monoisotopic (exact) mass is 259 g/mol. The fourth-order valence-corrected chi connectivity index (χ4v) is 2.05. The lowest BCUT2D eigenvalue weighted by Gasteiger charge is -2.12. The number of ether oxygens (including phenoxy) is 1. The summed E-state index contributed by atoms with van der Waals surface area (Å²) in [6.07, 6.45) is 2.05. The Balaban J connectivity index is 2.35. The van der Waals surface area contributed by atoms with Crippen molar-refractivity contribution in [1.29, 1.82) is 0 Å². The van der Waals surface area contributed by atoms with E-state index in [4.69, 9.17) is 4.74 Å². The average molecular weight is 259 g/mol. The van der Waals surface area contributed by atoms with Crippen molar-refractivity contribution < 1.29 is 4.74 Å². The first-order valence-corrected chi connectivity index (χ1v) is 6.48. The molecular formula is C15H21N3O. The first-order valence-electron chi connectivity index (χ1n) is 6.48. The van der Waals surface area contributed by atoms with Crippen LogP contribution >= 0.6 is 0 Å². The normalized spacial score (nSPS) is 10.7. The van der Waals surface area contributed by atoms with Crippen molar-refractivity contribution in [3.05, 3.63) is 41.2 Å². The number of anilines is 1. The Hall–Kier alpha value is -1.81. The molecule has 4 heteroatoms. The lowest BCUT2D eigenvalue weighted by atomic mass is 10.1. The van der Waals surface area contributed by atoms with Crippen molar-refractivity contribution in [1.82, 2.24) is 9.55 Å². The topological polar surface area (TPSA) is 39.1 Å². The van der Waals surface area contributed by atoms with E-state index >= 15 is 0 Å². The van der Waals surface area contributed by atoms with E-state index in [-0.39, 0.29) is 0 Å². The van der Waals surface area contributed by atoms with Gasteiger partial charge in [-0.3, -0.25) is 4.57 Å². The number of imidazole rings is 1. The van der Waals surface area contributed by atoms with Gasteiger partial charge < -0.3 is 10.1 Å². The first kappa shape index (κ1) is 13.6. The minimum Gasteiger partial charge on any atom is -0.383 e. The molecule has 2 aromatic rings. The zero-order valence-electron chi connectivity index (χ0n) is 12.0. The summed E-state index contributed by atoms with van der Waals surface area (Å²) in [5.41, 5.74) is 4.65. The number of benzene rings is 1. The second kappa shape index (κ2) is 5.89. The molecule has 19 heavy (non-hydrogen) atoms. The lowest BCUT2D eigenvalue weighted by molar-refractivity contribution is 0.210. The molecule has 102 valence electrons. The van der Waals surface area contributed by atoms with Gasteiger partial charge in [-0.2, -0.15) is 0 Å². The Morgan fingerprint density at radius 2 is 2.05 bits per heavy atom.